The topological polar surface area (TPSA) is 74.2 Å². The largest absolute Gasteiger partial charge is 0.467 e. The number of nitrogens with zero attached hydrogens (tertiary/aromatic N) is 3. The number of rotatable bonds is 2. The number of ether oxygens (including phenoxy) is 1. The summed E-state index contributed by atoms with van der Waals surface area (Å²) < 4.78 is 15.0. The van der Waals surface area contributed by atoms with Crippen molar-refractivity contribution in [3.8, 4) is 17.7 Å². The van der Waals surface area contributed by atoms with E-state index in [1.165, 1.54) is 13.3 Å². The van der Waals surface area contributed by atoms with Crippen molar-refractivity contribution in [2.45, 2.75) is 6.92 Å². The van der Waals surface area contributed by atoms with Crippen molar-refractivity contribution < 1.29 is 13.6 Å². The molecule has 0 N–H and O–H groups in total. The van der Waals surface area contributed by atoms with E-state index in [2.05, 4.69) is 15.2 Å². The van der Waals surface area contributed by atoms with Crippen LogP contribution in [0.25, 0.3) is 11.8 Å². The number of hydrogen-bond donors (Lipinski definition) is 0. The second-order valence-corrected chi connectivity index (χ2v) is 2.31. The smallest absolute Gasteiger partial charge is 0.305 e. The molecule has 0 radical (unpaired) electrons. The summed E-state index contributed by atoms with van der Waals surface area (Å²) in [5.41, 5.74) is 0. The molecule has 0 aliphatic rings. The zero-order chi connectivity index (χ0) is 9.26. The number of aromatic nitrogens is 3. The standard InChI is InChI=1S/C7H7N3O3/c1-4-9-10-7(12-4)6-8-3-5(11-2)13-6/h3H,1-2H3. The first-order valence-electron chi connectivity index (χ1n) is 3.60. The van der Waals surface area contributed by atoms with Crippen LogP contribution in [0, 0.1) is 6.92 Å². The summed E-state index contributed by atoms with van der Waals surface area (Å²) in [5, 5.41) is 7.38. The lowest BCUT2D eigenvalue weighted by Crippen LogP contribution is -1.76. The van der Waals surface area contributed by atoms with E-state index >= 15 is 0 Å². The maximum atomic E-state index is 5.10. The molecule has 13 heavy (non-hydrogen) atoms. The molecule has 2 heterocycles. The summed E-state index contributed by atoms with van der Waals surface area (Å²) in [4.78, 5) is 3.88. The monoisotopic (exact) mass is 181 g/mol. The summed E-state index contributed by atoms with van der Waals surface area (Å²) in [6, 6.07) is 0. The van der Waals surface area contributed by atoms with E-state index in [9.17, 15) is 0 Å². The van der Waals surface area contributed by atoms with E-state index < -0.39 is 0 Å². The van der Waals surface area contributed by atoms with Gasteiger partial charge in [0.1, 0.15) is 6.20 Å². The van der Waals surface area contributed by atoms with Gasteiger partial charge in [-0.1, -0.05) is 0 Å². The second-order valence-electron chi connectivity index (χ2n) is 2.31. The predicted octanol–water partition coefficient (Wildman–Crippen LogP) is 1.04. The number of aryl methyl sites for hydroxylation is 1. The van der Waals surface area contributed by atoms with Crippen LogP contribution in [0.3, 0.4) is 0 Å². The molecule has 0 aromatic carbocycles. The zero-order valence-corrected chi connectivity index (χ0v) is 7.14. The van der Waals surface area contributed by atoms with Gasteiger partial charge in [0, 0.05) is 6.92 Å². The van der Waals surface area contributed by atoms with Crippen LogP contribution in [-0.4, -0.2) is 22.3 Å². The summed E-state index contributed by atoms with van der Waals surface area (Å²) in [6.45, 7) is 1.69. The molecule has 0 unspecified atom stereocenters. The van der Waals surface area contributed by atoms with Crippen LogP contribution >= 0.6 is 0 Å². The highest BCUT2D eigenvalue weighted by atomic mass is 16.6. The van der Waals surface area contributed by atoms with Crippen molar-refractivity contribution in [3.63, 3.8) is 0 Å². The van der Waals surface area contributed by atoms with Gasteiger partial charge in [0.2, 0.25) is 5.89 Å². The van der Waals surface area contributed by atoms with Crippen LogP contribution in [0.15, 0.2) is 15.0 Å². The molecule has 0 fully saturated rings. The molecule has 68 valence electrons. The first-order chi connectivity index (χ1) is 6.29. The van der Waals surface area contributed by atoms with Gasteiger partial charge in [-0.05, 0) is 0 Å². The van der Waals surface area contributed by atoms with Crippen molar-refractivity contribution in [2.75, 3.05) is 7.11 Å². The van der Waals surface area contributed by atoms with E-state index in [0.717, 1.165) is 0 Å². The molecule has 0 atom stereocenters. The van der Waals surface area contributed by atoms with Crippen LogP contribution in [-0.2, 0) is 0 Å². The lowest BCUT2D eigenvalue weighted by molar-refractivity contribution is 0.305. The molecular weight excluding hydrogens is 174 g/mol. The summed E-state index contributed by atoms with van der Waals surface area (Å²) in [7, 11) is 1.49. The molecule has 2 aromatic heterocycles. The van der Waals surface area contributed by atoms with Gasteiger partial charge in [0.15, 0.2) is 0 Å². The molecule has 2 rings (SSSR count). The summed E-state index contributed by atoms with van der Waals surface area (Å²) in [6.07, 6.45) is 1.44. The highest BCUT2D eigenvalue weighted by Crippen LogP contribution is 2.20. The third-order valence-corrected chi connectivity index (χ3v) is 1.39. The van der Waals surface area contributed by atoms with Crippen LogP contribution in [0.2, 0.25) is 0 Å². The lowest BCUT2D eigenvalue weighted by atomic mass is 10.7. The van der Waals surface area contributed by atoms with Gasteiger partial charge in [-0.3, -0.25) is 0 Å². The summed E-state index contributed by atoms with van der Waals surface area (Å²) in [5.74, 6) is 1.29. The minimum Gasteiger partial charge on any atom is -0.467 e. The fourth-order valence-corrected chi connectivity index (χ4v) is 0.836. The first kappa shape index (κ1) is 7.78. The molecule has 0 bridgehead atoms. The van der Waals surface area contributed by atoms with Gasteiger partial charge in [-0.2, -0.15) is 0 Å². The van der Waals surface area contributed by atoms with Crippen molar-refractivity contribution in [1.29, 1.82) is 0 Å². The Balaban J connectivity index is 2.35. The van der Waals surface area contributed by atoms with Gasteiger partial charge >= 0.3 is 11.8 Å². The van der Waals surface area contributed by atoms with E-state index in [0.29, 0.717) is 11.8 Å². The van der Waals surface area contributed by atoms with Crippen molar-refractivity contribution in [1.82, 2.24) is 15.2 Å². The normalized spacial score (nSPS) is 10.3. The third kappa shape index (κ3) is 1.37. The molecule has 0 saturated heterocycles. The molecule has 0 amide bonds. The number of hydrogen-bond acceptors (Lipinski definition) is 6. The Kier molecular flexibility index (Phi) is 1.73. The fraction of sp³-hybridized carbons (Fsp3) is 0.286. The van der Waals surface area contributed by atoms with Crippen LogP contribution < -0.4 is 4.74 Å². The molecular formula is C7H7N3O3. The molecule has 6 heteroatoms. The van der Waals surface area contributed by atoms with Gasteiger partial charge < -0.3 is 13.6 Å². The Labute approximate surface area is 73.5 Å². The third-order valence-electron chi connectivity index (χ3n) is 1.39. The van der Waals surface area contributed by atoms with Crippen LogP contribution in [0.5, 0.6) is 5.95 Å². The maximum absolute atomic E-state index is 5.10. The van der Waals surface area contributed by atoms with Crippen LogP contribution in [0.1, 0.15) is 5.89 Å². The average Bonchev–Trinajstić information content (AvgIpc) is 2.71. The van der Waals surface area contributed by atoms with E-state index in [1.54, 1.807) is 6.92 Å². The average molecular weight is 181 g/mol. The minimum absolute atomic E-state index is 0.251. The Morgan fingerprint density at radius 1 is 1.23 bits per heavy atom. The van der Waals surface area contributed by atoms with Crippen molar-refractivity contribution in [3.05, 3.63) is 12.1 Å². The second kappa shape index (κ2) is 2.89. The SMILES string of the molecule is COc1cnc(-c2nnc(C)o2)o1. The van der Waals surface area contributed by atoms with Crippen LogP contribution in [0.4, 0.5) is 0 Å². The minimum atomic E-state index is 0.251. The quantitative estimate of drug-likeness (QED) is 0.689. The maximum Gasteiger partial charge on any atom is 0.305 e. The van der Waals surface area contributed by atoms with Gasteiger partial charge in [0.05, 0.1) is 7.11 Å². The van der Waals surface area contributed by atoms with Crippen molar-refractivity contribution in [2.24, 2.45) is 0 Å². The van der Waals surface area contributed by atoms with Crippen molar-refractivity contribution >= 4 is 0 Å². The fourth-order valence-electron chi connectivity index (χ4n) is 0.836. The highest BCUT2D eigenvalue weighted by molar-refractivity contribution is 5.36. The number of oxazole rings is 1. The predicted molar refractivity (Wildman–Crippen MR) is 41.1 cm³/mol. The molecule has 0 aliphatic heterocycles. The molecule has 0 aliphatic carbocycles. The number of methoxy groups -OCH3 is 1. The Morgan fingerprint density at radius 3 is 2.62 bits per heavy atom. The van der Waals surface area contributed by atoms with E-state index in [-0.39, 0.29) is 11.8 Å². The van der Waals surface area contributed by atoms with Gasteiger partial charge in [-0.25, -0.2) is 4.98 Å². The van der Waals surface area contributed by atoms with E-state index in [1.807, 2.05) is 0 Å². The Bertz CT molecular complexity index is 407. The molecule has 2 aromatic rings. The lowest BCUT2D eigenvalue weighted by Gasteiger charge is -1.87. The highest BCUT2D eigenvalue weighted by Gasteiger charge is 2.12. The Hall–Kier alpha value is -1.85. The van der Waals surface area contributed by atoms with Gasteiger partial charge in [-0.15, -0.1) is 10.2 Å². The molecule has 6 nitrogen and oxygen atoms in total. The van der Waals surface area contributed by atoms with Gasteiger partial charge in [0.25, 0.3) is 5.89 Å². The van der Waals surface area contributed by atoms with E-state index in [4.69, 9.17) is 13.6 Å². The molecule has 0 spiro atoms. The Morgan fingerprint density at radius 2 is 2.08 bits per heavy atom. The zero-order valence-electron chi connectivity index (χ0n) is 7.14. The first-order valence-corrected chi connectivity index (χ1v) is 3.60. The summed E-state index contributed by atoms with van der Waals surface area (Å²) >= 11 is 0. The molecule has 0 saturated carbocycles.